The third-order valence-corrected chi connectivity index (χ3v) is 8.77. The molecule has 0 N–H and O–H groups in total. The van der Waals surface area contributed by atoms with E-state index in [1.165, 1.54) is 11.8 Å². The van der Waals surface area contributed by atoms with Gasteiger partial charge in [0.25, 0.3) is 5.91 Å². The van der Waals surface area contributed by atoms with Crippen LogP contribution in [-0.2, 0) is 18.0 Å². The van der Waals surface area contributed by atoms with Gasteiger partial charge in [-0.25, -0.2) is 4.99 Å². The zero-order valence-electron chi connectivity index (χ0n) is 25.0. The minimum Gasteiger partial charge on any atom is -0.493 e. The van der Waals surface area contributed by atoms with Crippen molar-refractivity contribution in [1.82, 2.24) is 0 Å². The third-order valence-electron chi connectivity index (χ3n) is 7.06. The van der Waals surface area contributed by atoms with E-state index in [-0.39, 0.29) is 12.5 Å². The molecule has 1 aliphatic heterocycles. The SMILES string of the molecule is COc1cc(COc2ccc(Cl)cc2/C=C2/SC(=Nc3ccc(Cl)cc3)N(c3ccc(Cl)cc3)C2=O)ccc1OCc1ccccc1. The van der Waals surface area contributed by atoms with E-state index in [4.69, 9.17) is 54.0 Å². The molecule has 5 aromatic rings. The summed E-state index contributed by atoms with van der Waals surface area (Å²) in [5, 5.41) is 2.15. The summed E-state index contributed by atoms with van der Waals surface area (Å²) in [6, 6.07) is 35.0. The van der Waals surface area contributed by atoms with Crippen LogP contribution in [0.1, 0.15) is 16.7 Å². The van der Waals surface area contributed by atoms with Gasteiger partial charge < -0.3 is 14.2 Å². The predicted octanol–water partition coefficient (Wildman–Crippen LogP) is 10.6. The minimum absolute atomic E-state index is 0.244. The summed E-state index contributed by atoms with van der Waals surface area (Å²) in [4.78, 5) is 20.6. The summed E-state index contributed by atoms with van der Waals surface area (Å²) in [5.74, 6) is 1.55. The number of methoxy groups -OCH3 is 1. The molecule has 1 amide bonds. The van der Waals surface area contributed by atoms with Gasteiger partial charge in [-0.1, -0.05) is 71.2 Å². The Kier molecular flexibility index (Phi) is 10.4. The van der Waals surface area contributed by atoms with Crippen molar-refractivity contribution in [3.8, 4) is 17.2 Å². The second kappa shape index (κ2) is 15.0. The van der Waals surface area contributed by atoms with Crippen LogP contribution in [0.25, 0.3) is 6.08 Å². The lowest BCUT2D eigenvalue weighted by molar-refractivity contribution is -0.113. The highest BCUT2D eigenvalue weighted by molar-refractivity contribution is 8.19. The molecule has 0 atom stereocenters. The Hall–Kier alpha value is -4.40. The van der Waals surface area contributed by atoms with Crippen LogP contribution < -0.4 is 19.1 Å². The molecule has 1 aliphatic rings. The van der Waals surface area contributed by atoms with Gasteiger partial charge >= 0.3 is 0 Å². The molecular formula is C37H27Cl3N2O4S. The first-order valence-corrected chi connectivity index (χ1v) is 16.4. The molecule has 0 radical (unpaired) electrons. The van der Waals surface area contributed by atoms with Gasteiger partial charge in [0.05, 0.1) is 23.4 Å². The van der Waals surface area contributed by atoms with Gasteiger partial charge in [0.1, 0.15) is 19.0 Å². The number of nitrogens with zero attached hydrogens (tertiary/aromatic N) is 2. The second-order valence-electron chi connectivity index (χ2n) is 10.3. The Bertz CT molecular complexity index is 1950. The number of hydrogen-bond donors (Lipinski definition) is 0. The maximum Gasteiger partial charge on any atom is 0.271 e. The van der Waals surface area contributed by atoms with Crippen molar-refractivity contribution in [3.05, 3.63) is 152 Å². The summed E-state index contributed by atoms with van der Waals surface area (Å²) < 4.78 is 17.9. The van der Waals surface area contributed by atoms with Crippen LogP contribution >= 0.6 is 46.6 Å². The lowest BCUT2D eigenvalue weighted by atomic mass is 10.1. The Morgan fingerprint density at radius 3 is 2.06 bits per heavy atom. The minimum atomic E-state index is -0.244. The van der Waals surface area contributed by atoms with Gasteiger partial charge in [0, 0.05) is 20.6 Å². The number of carbonyl (C=O) groups excluding carboxylic acids is 1. The molecule has 6 rings (SSSR count). The lowest BCUT2D eigenvalue weighted by Crippen LogP contribution is -2.28. The molecule has 1 fully saturated rings. The summed E-state index contributed by atoms with van der Waals surface area (Å²) in [6.45, 7) is 0.669. The van der Waals surface area contributed by atoms with Gasteiger partial charge in [0.15, 0.2) is 16.7 Å². The fraction of sp³-hybridized carbons (Fsp3) is 0.0811. The van der Waals surface area contributed by atoms with E-state index < -0.39 is 0 Å². The van der Waals surface area contributed by atoms with Crippen LogP contribution in [0.15, 0.2) is 125 Å². The molecule has 236 valence electrons. The summed E-state index contributed by atoms with van der Waals surface area (Å²) in [7, 11) is 1.60. The summed E-state index contributed by atoms with van der Waals surface area (Å²) in [5.41, 5.74) is 3.87. The Morgan fingerprint density at radius 2 is 1.34 bits per heavy atom. The van der Waals surface area contributed by atoms with Gasteiger partial charge in [-0.15, -0.1) is 0 Å². The van der Waals surface area contributed by atoms with Crippen LogP contribution in [-0.4, -0.2) is 18.2 Å². The zero-order chi connectivity index (χ0) is 32.8. The Labute approximate surface area is 292 Å². The van der Waals surface area contributed by atoms with Crippen LogP contribution in [0, 0.1) is 0 Å². The Morgan fingerprint density at radius 1 is 0.702 bits per heavy atom. The highest BCUT2D eigenvalue weighted by Crippen LogP contribution is 2.39. The molecule has 0 aromatic heterocycles. The molecule has 0 saturated carbocycles. The number of rotatable bonds is 10. The molecule has 0 bridgehead atoms. The summed E-state index contributed by atoms with van der Waals surface area (Å²) >= 11 is 19.9. The van der Waals surface area contributed by atoms with Crippen LogP contribution in [0.3, 0.4) is 0 Å². The van der Waals surface area contributed by atoms with E-state index >= 15 is 0 Å². The molecule has 10 heteroatoms. The number of hydrogen-bond acceptors (Lipinski definition) is 6. The third kappa shape index (κ3) is 8.13. The smallest absolute Gasteiger partial charge is 0.271 e. The fourth-order valence-corrected chi connectivity index (χ4v) is 6.14. The van der Waals surface area contributed by atoms with Crippen molar-refractivity contribution in [3.63, 3.8) is 0 Å². The number of halogens is 3. The quantitative estimate of drug-likeness (QED) is 0.136. The molecule has 47 heavy (non-hydrogen) atoms. The van der Waals surface area contributed by atoms with Crippen LogP contribution in [0.2, 0.25) is 15.1 Å². The van der Waals surface area contributed by atoms with E-state index in [9.17, 15) is 4.79 Å². The zero-order valence-corrected chi connectivity index (χ0v) is 28.1. The van der Waals surface area contributed by atoms with Crippen molar-refractivity contribution in [2.45, 2.75) is 13.2 Å². The van der Waals surface area contributed by atoms with Crippen molar-refractivity contribution in [1.29, 1.82) is 0 Å². The first kappa shape index (κ1) is 32.5. The monoisotopic (exact) mass is 700 g/mol. The first-order chi connectivity index (χ1) is 22.9. The van der Waals surface area contributed by atoms with Crippen LogP contribution in [0.4, 0.5) is 11.4 Å². The van der Waals surface area contributed by atoms with Gasteiger partial charge in [-0.2, -0.15) is 0 Å². The standard InChI is InChI=1S/C37H27Cl3N2O4S/c1-44-34-19-25(7-17-33(34)46-22-24-5-3-2-4-6-24)23-45-32-18-12-29(40)20-26(32)21-35-36(43)42(31-15-10-28(39)11-16-31)37(47-35)41-30-13-8-27(38)9-14-30/h2-21H,22-23H2,1H3/b35-21+,41-37?. The normalized spacial score (nSPS) is 14.6. The number of amides is 1. The van der Waals surface area contributed by atoms with Crippen LogP contribution in [0.5, 0.6) is 17.2 Å². The molecular weight excluding hydrogens is 675 g/mol. The number of aliphatic imine (C=N–C) groups is 1. The molecule has 1 heterocycles. The number of amidine groups is 1. The first-order valence-electron chi connectivity index (χ1n) is 14.5. The van der Waals surface area contributed by atoms with Crippen molar-refractivity contribution >= 4 is 75.1 Å². The van der Waals surface area contributed by atoms with E-state index in [1.54, 1.807) is 84.8 Å². The number of anilines is 1. The number of thioether (sulfide) groups is 1. The maximum absolute atomic E-state index is 13.9. The van der Waals surface area contributed by atoms with E-state index in [0.29, 0.717) is 65.9 Å². The highest BCUT2D eigenvalue weighted by atomic mass is 35.5. The number of benzene rings is 5. The summed E-state index contributed by atoms with van der Waals surface area (Å²) in [6.07, 6.45) is 1.77. The van der Waals surface area contributed by atoms with Crippen molar-refractivity contribution in [2.24, 2.45) is 4.99 Å². The molecule has 0 aliphatic carbocycles. The van der Waals surface area contributed by atoms with Crippen molar-refractivity contribution < 1.29 is 19.0 Å². The molecule has 6 nitrogen and oxygen atoms in total. The van der Waals surface area contributed by atoms with E-state index in [0.717, 1.165) is 11.1 Å². The average Bonchev–Trinajstić information content (AvgIpc) is 3.38. The van der Waals surface area contributed by atoms with Crippen molar-refractivity contribution in [2.75, 3.05) is 12.0 Å². The topological polar surface area (TPSA) is 60.4 Å². The molecule has 0 spiro atoms. The van der Waals surface area contributed by atoms with E-state index in [2.05, 4.69) is 0 Å². The Balaban J connectivity index is 1.25. The average molecular weight is 702 g/mol. The second-order valence-corrected chi connectivity index (χ2v) is 12.6. The highest BCUT2D eigenvalue weighted by Gasteiger charge is 2.35. The molecule has 0 unspecified atom stereocenters. The largest absolute Gasteiger partial charge is 0.493 e. The maximum atomic E-state index is 13.9. The fourth-order valence-electron chi connectivity index (χ4n) is 4.71. The molecule has 1 saturated heterocycles. The van der Waals surface area contributed by atoms with Gasteiger partial charge in [0.2, 0.25) is 0 Å². The number of ether oxygens (including phenoxy) is 3. The number of carbonyl (C=O) groups is 1. The van der Waals surface area contributed by atoms with Gasteiger partial charge in [-0.05, 0) is 108 Å². The molecule has 5 aromatic carbocycles. The lowest BCUT2D eigenvalue weighted by Gasteiger charge is -2.16. The van der Waals surface area contributed by atoms with Gasteiger partial charge in [-0.3, -0.25) is 9.69 Å². The van der Waals surface area contributed by atoms with E-state index in [1.807, 2.05) is 48.5 Å². The predicted molar refractivity (Wildman–Crippen MR) is 193 cm³/mol.